The minimum atomic E-state index is -0.560. The summed E-state index contributed by atoms with van der Waals surface area (Å²) in [6, 6.07) is 4.24. The molecule has 1 atom stereocenters. The second-order valence-electron chi connectivity index (χ2n) is 5.23. The molecule has 0 aliphatic carbocycles. The van der Waals surface area contributed by atoms with Gasteiger partial charge in [-0.25, -0.2) is 0 Å². The van der Waals surface area contributed by atoms with E-state index in [1.54, 1.807) is 11.0 Å². The lowest BCUT2D eigenvalue weighted by Crippen LogP contribution is -2.28. The van der Waals surface area contributed by atoms with E-state index in [0.717, 1.165) is 32.4 Å². The number of hydrogen-bond acceptors (Lipinski definition) is 4. The van der Waals surface area contributed by atoms with Gasteiger partial charge < -0.3 is 10.6 Å². The molecule has 2 N–H and O–H groups in total. The number of carbonyl (C=O) groups excluding carboxylic acids is 1. The number of nitro benzene ring substituents is 1. The molecule has 0 bridgehead atoms. The third kappa shape index (κ3) is 2.89. The molecule has 6 heteroatoms. The van der Waals surface area contributed by atoms with Crippen LogP contribution in [-0.2, 0) is 0 Å². The van der Waals surface area contributed by atoms with Gasteiger partial charge in [-0.05, 0) is 30.9 Å². The Bertz CT molecular complexity index is 530. The average molecular weight is 277 g/mol. The Hall–Kier alpha value is -2.11. The van der Waals surface area contributed by atoms with Crippen LogP contribution in [0.4, 0.5) is 11.4 Å². The molecule has 1 fully saturated rings. The van der Waals surface area contributed by atoms with Crippen molar-refractivity contribution in [2.75, 3.05) is 18.8 Å². The van der Waals surface area contributed by atoms with Crippen LogP contribution < -0.4 is 5.73 Å². The molecule has 1 aliphatic heterocycles. The normalized spacial score (nSPS) is 18.2. The number of likely N-dealkylation sites (tertiary alicyclic amines) is 1. The van der Waals surface area contributed by atoms with Crippen molar-refractivity contribution in [3.63, 3.8) is 0 Å². The van der Waals surface area contributed by atoms with E-state index in [9.17, 15) is 14.9 Å². The third-order valence-corrected chi connectivity index (χ3v) is 3.74. The molecule has 1 aromatic carbocycles. The van der Waals surface area contributed by atoms with Crippen molar-refractivity contribution >= 4 is 17.3 Å². The van der Waals surface area contributed by atoms with Crippen LogP contribution in [-0.4, -0.2) is 28.8 Å². The Morgan fingerprint density at radius 2 is 2.30 bits per heavy atom. The maximum Gasteiger partial charge on any atom is 0.292 e. The maximum absolute atomic E-state index is 12.3. The zero-order valence-electron chi connectivity index (χ0n) is 11.5. The standard InChI is InChI=1S/C14H19N3O3/c1-2-3-10-6-7-16(9-10)14(18)11-4-5-12(15)13(8-11)17(19)20/h4-5,8,10H,2-3,6-7,9,15H2,1H3. The van der Waals surface area contributed by atoms with Gasteiger partial charge in [0.1, 0.15) is 5.69 Å². The van der Waals surface area contributed by atoms with Crippen molar-refractivity contribution in [2.24, 2.45) is 5.92 Å². The summed E-state index contributed by atoms with van der Waals surface area (Å²) in [6.07, 6.45) is 3.24. The van der Waals surface area contributed by atoms with Crippen molar-refractivity contribution in [3.05, 3.63) is 33.9 Å². The number of nitrogens with zero attached hydrogens (tertiary/aromatic N) is 2. The highest BCUT2D eigenvalue weighted by molar-refractivity contribution is 5.95. The predicted octanol–water partition coefficient (Wildman–Crippen LogP) is 2.44. The topological polar surface area (TPSA) is 89.5 Å². The van der Waals surface area contributed by atoms with Crippen LogP contribution in [0, 0.1) is 16.0 Å². The number of rotatable bonds is 4. The van der Waals surface area contributed by atoms with E-state index in [4.69, 9.17) is 5.73 Å². The lowest BCUT2D eigenvalue weighted by atomic mass is 10.0. The number of amides is 1. The van der Waals surface area contributed by atoms with Gasteiger partial charge in [-0.3, -0.25) is 14.9 Å². The molecule has 1 heterocycles. The van der Waals surface area contributed by atoms with Gasteiger partial charge in [-0.1, -0.05) is 13.3 Å². The van der Waals surface area contributed by atoms with E-state index in [-0.39, 0.29) is 17.3 Å². The summed E-state index contributed by atoms with van der Waals surface area (Å²) in [4.78, 5) is 24.4. The molecule has 108 valence electrons. The summed E-state index contributed by atoms with van der Waals surface area (Å²) in [7, 11) is 0. The van der Waals surface area contributed by atoms with Crippen molar-refractivity contribution < 1.29 is 9.72 Å². The minimum absolute atomic E-state index is 0.0804. The molecule has 1 saturated heterocycles. The average Bonchev–Trinajstić information content (AvgIpc) is 2.87. The molecule has 1 amide bonds. The Balaban J connectivity index is 2.14. The number of nitro groups is 1. The lowest BCUT2D eigenvalue weighted by molar-refractivity contribution is -0.383. The Kier molecular flexibility index (Phi) is 4.22. The smallest absolute Gasteiger partial charge is 0.292 e. The van der Waals surface area contributed by atoms with Crippen molar-refractivity contribution in [1.29, 1.82) is 0 Å². The number of hydrogen-bond donors (Lipinski definition) is 1. The van der Waals surface area contributed by atoms with Gasteiger partial charge in [0.2, 0.25) is 0 Å². The molecule has 20 heavy (non-hydrogen) atoms. The molecule has 6 nitrogen and oxygen atoms in total. The summed E-state index contributed by atoms with van der Waals surface area (Å²) in [5.41, 5.74) is 5.75. The molecule has 0 spiro atoms. The minimum Gasteiger partial charge on any atom is -0.393 e. The second kappa shape index (κ2) is 5.90. The lowest BCUT2D eigenvalue weighted by Gasteiger charge is -2.16. The zero-order valence-corrected chi connectivity index (χ0v) is 11.5. The van der Waals surface area contributed by atoms with Crippen LogP contribution in [0.15, 0.2) is 18.2 Å². The monoisotopic (exact) mass is 277 g/mol. The van der Waals surface area contributed by atoms with Gasteiger partial charge in [0.25, 0.3) is 11.6 Å². The van der Waals surface area contributed by atoms with E-state index >= 15 is 0 Å². The van der Waals surface area contributed by atoms with Crippen molar-refractivity contribution in [2.45, 2.75) is 26.2 Å². The highest BCUT2D eigenvalue weighted by atomic mass is 16.6. The summed E-state index contributed by atoms with van der Waals surface area (Å²) in [5, 5.41) is 10.9. The fraction of sp³-hybridized carbons (Fsp3) is 0.500. The Morgan fingerprint density at radius 1 is 1.55 bits per heavy atom. The first-order valence-electron chi connectivity index (χ1n) is 6.86. The van der Waals surface area contributed by atoms with Gasteiger partial charge in [0.15, 0.2) is 0 Å². The molecular formula is C14H19N3O3. The van der Waals surface area contributed by atoms with Gasteiger partial charge in [0.05, 0.1) is 4.92 Å². The number of carbonyl (C=O) groups is 1. The summed E-state index contributed by atoms with van der Waals surface area (Å²) >= 11 is 0. The quantitative estimate of drug-likeness (QED) is 0.520. The van der Waals surface area contributed by atoms with Gasteiger partial charge in [-0.2, -0.15) is 0 Å². The van der Waals surface area contributed by atoms with E-state index in [1.807, 2.05) is 0 Å². The molecule has 0 saturated carbocycles. The van der Waals surface area contributed by atoms with Crippen molar-refractivity contribution in [1.82, 2.24) is 4.90 Å². The Labute approximate surface area is 117 Å². The highest BCUT2D eigenvalue weighted by Crippen LogP contribution is 2.26. The van der Waals surface area contributed by atoms with E-state index < -0.39 is 4.92 Å². The van der Waals surface area contributed by atoms with Crippen LogP contribution in [0.1, 0.15) is 36.5 Å². The Morgan fingerprint density at radius 3 is 2.95 bits per heavy atom. The van der Waals surface area contributed by atoms with Crippen LogP contribution in [0.25, 0.3) is 0 Å². The summed E-state index contributed by atoms with van der Waals surface area (Å²) < 4.78 is 0. The molecular weight excluding hydrogens is 258 g/mol. The predicted molar refractivity (Wildman–Crippen MR) is 76.4 cm³/mol. The van der Waals surface area contributed by atoms with E-state index in [0.29, 0.717) is 11.5 Å². The van der Waals surface area contributed by atoms with Crippen LogP contribution in [0.2, 0.25) is 0 Å². The molecule has 1 unspecified atom stereocenters. The van der Waals surface area contributed by atoms with Crippen molar-refractivity contribution in [3.8, 4) is 0 Å². The van der Waals surface area contributed by atoms with E-state index in [1.165, 1.54) is 12.1 Å². The maximum atomic E-state index is 12.3. The largest absolute Gasteiger partial charge is 0.393 e. The van der Waals surface area contributed by atoms with Crippen LogP contribution in [0.3, 0.4) is 0 Å². The molecule has 0 radical (unpaired) electrons. The first-order valence-corrected chi connectivity index (χ1v) is 6.86. The zero-order chi connectivity index (χ0) is 14.7. The molecule has 1 aromatic rings. The first kappa shape index (κ1) is 14.3. The third-order valence-electron chi connectivity index (χ3n) is 3.74. The number of nitrogen functional groups attached to an aromatic ring is 1. The first-order chi connectivity index (χ1) is 9.52. The summed E-state index contributed by atoms with van der Waals surface area (Å²) in [6.45, 7) is 3.60. The summed E-state index contributed by atoms with van der Waals surface area (Å²) in [5.74, 6) is 0.402. The van der Waals surface area contributed by atoms with E-state index in [2.05, 4.69) is 6.92 Å². The molecule has 1 aliphatic rings. The SMILES string of the molecule is CCCC1CCN(C(=O)c2ccc(N)c([N+](=O)[O-])c2)C1. The number of benzene rings is 1. The van der Waals surface area contributed by atoms with Gasteiger partial charge in [-0.15, -0.1) is 0 Å². The number of nitrogens with two attached hydrogens (primary N) is 1. The highest BCUT2D eigenvalue weighted by Gasteiger charge is 2.27. The van der Waals surface area contributed by atoms with Crippen LogP contribution >= 0.6 is 0 Å². The van der Waals surface area contributed by atoms with Crippen LogP contribution in [0.5, 0.6) is 0 Å². The fourth-order valence-electron chi connectivity index (χ4n) is 2.68. The van der Waals surface area contributed by atoms with Gasteiger partial charge >= 0.3 is 0 Å². The molecule has 2 rings (SSSR count). The van der Waals surface area contributed by atoms with Gasteiger partial charge in [0, 0.05) is 24.7 Å². The second-order valence-corrected chi connectivity index (χ2v) is 5.23. The fourth-order valence-corrected chi connectivity index (χ4v) is 2.68. The number of anilines is 1. The molecule has 0 aromatic heterocycles.